The Morgan fingerprint density at radius 3 is 2.54 bits per heavy atom. The number of aromatic nitrogens is 1. The number of hydrogen-bond donors (Lipinski definition) is 3. The van der Waals surface area contributed by atoms with Crippen molar-refractivity contribution in [2.45, 2.75) is 11.4 Å². The van der Waals surface area contributed by atoms with E-state index in [2.05, 4.69) is 15.6 Å². The minimum absolute atomic E-state index is 0.0274. The molecule has 0 spiro atoms. The van der Waals surface area contributed by atoms with Crippen LogP contribution in [-0.2, 0) is 21.4 Å². The van der Waals surface area contributed by atoms with Crippen LogP contribution in [0.2, 0.25) is 5.02 Å². The molecular weight excluding hydrogens is 384 g/mol. The smallest absolute Gasteiger partial charge is 0.269 e. The van der Waals surface area contributed by atoms with E-state index in [0.29, 0.717) is 0 Å². The number of nitrogens with one attached hydrogen (secondary N) is 3. The van der Waals surface area contributed by atoms with Gasteiger partial charge in [-0.2, -0.15) is 0 Å². The van der Waals surface area contributed by atoms with Crippen LogP contribution in [-0.4, -0.2) is 31.8 Å². The molecule has 1 heterocycles. The predicted octanol–water partition coefficient (Wildman–Crippen LogP) is -0.129. The van der Waals surface area contributed by atoms with Gasteiger partial charge in [-0.25, -0.2) is 13.1 Å². The standard InChI is InChI=1S/C15H15ClN4O5S/c1-17-26(24,25)12-8-10(5-6-11(12)16)15(23)19-18-13(21)9-20-7-3-2-4-14(20)22/h2-8,17H,9H2,1H3,(H,18,21)(H,19,23). The monoisotopic (exact) mass is 398 g/mol. The Kier molecular flexibility index (Phi) is 6.14. The summed E-state index contributed by atoms with van der Waals surface area (Å²) in [6.07, 6.45) is 1.43. The summed E-state index contributed by atoms with van der Waals surface area (Å²) in [5.74, 6) is -1.38. The number of sulfonamides is 1. The first kappa shape index (κ1) is 19.6. The molecule has 11 heteroatoms. The van der Waals surface area contributed by atoms with Crippen molar-refractivity contribution in [3.8, 4) is 0 Å². The van der Waals surface area contributed by atoms with Gasteiger partial charge in [0.15, 0.2) is 0 Å². The van der Waals surface area contributed by atoms with Crippen molar-refractivity contribution in [3.05, 3.63) is 63.5 Å². The molecule has 0 fully saturated rings. The lowest BCUT2D eigenvalue weighted by molar-refractivity contribution is -0.122. The first-order valence-corrected chi connectivity index (χ1v) is 9.08. The van der Waals surface area contributed by atoms with Crippen LogP contribution in [0.5, 0.6) is 0 Å². The van der Waals surface area contributed by atoms with Gasteiger partial charge in [0.2, 0.25) is 10.0 Å². The zero-order valence-corrected chi connectivity index (χ0v) is 15.1. The molecule has 1 aromatic heterocycles. The largest absolute Gasteiger partial charge is 0.306 e. The fourth-order valence-electron chi connectivity index (χ4n) is 1.94. The number of rotatable bonds is 5. The zero-order chi connectivity index (χ0) is 19.3. The van der Waals surface area contributed by atoms with Gasteiger partial charge in [0.25, 0.3) is 17.4 Å². The van der Waals surface area contributed by atoms with Crippen molar-refractivity contribution < 1.29 is 18.0 Å². The Labute approximate surface area is 154 Å². The maximum atomic E-state index is 12.1. The van der Waals surface area contributed by atoms with Gasteiger partial charge in [-0.15, -0.1) is 0 Å². The van der Waals surface area contributed by atoms with Crippen LogP contribution < -0.4 is 21.1 Å². The van der Waals surface area contributed by atoms with Gasteiger partial charge in [0.05, 0.1) is 5.02 Å². The Morgan fingerprint density at radius 1 is 1.15 bits per heavy atom. The summed E-state index contributed by atoms with van der Waals surface area (Å²) >= 11 is 5.84. The third-order valence-corrected chi connectivity index (χ3v) is 5.18. The second-order valence-corrected chi connectivity index (χ2v) is 7.28. The van der Waals surface area contributed by atoms with Gasteiger partial charge in [-0.1, -0.05) is 17.7 Å². The van der Waals surface area contributed by atoms with Gasteiger partial charge in [-0.3, -0.25) is 25.2 Å². The van der Waals surface area contributed by atoms with E-state index < -0.39 is 21.8 Å². The van der Waals surface area contributed by atoms with Crippen molar-refractivity contribution in [3.63, 3.8) is 0 Å². The summed E-state index contributed by atoms with van der Waals surface area (Å²) in [6, 6.07) is 8.06. The first-order chi connectivity index (χ1) is 12.2. The summed E-state index contributed by atoms with van der Waals surface area (Å²) in [5, 5.41) is -0.0524. The molecular formula is C15H15ClN4O5S. The van der Waals surface area contributed by atoms with Gasteiger partial charge in [0.1, 0.15) is 11.4 Å². The minimum Gasteiger partial charge on any atom is -0.306 e. The second-order valence-electron chi connectivity index (χ2n) is 5.02. The SMILES string of the molecule is CNS(=O)(=O)c1cc(C(=O)NNC(=O)Cn2ccccc2=O)ccc1Cl. The van der Waals surface area contributed by atoms with E-state index in [4.69, 9.17) is 11.6 Å². The molecule has 0 aliphatic rings. The lowest BCUT2D eigenvalue weighted by Crippen LogP contribution is -2.44. The molecule has 2 rings (SSSR count). The summed E-state index contributed by atoms with van der Waals surface area (Å²) in [4.78, 5) is 35.2. The number of halogens is 1. The van der Waals surface area contributed by atoms with Crippen molar-refractivity contribution in [1.82, 2.24) is 20.1 Å². The summed E-state index contributed by atoms with van der Waals surface area (Å²) in [6.45, 7) is -0.292. The van der Waals surface area contributed by atoms with E-state index in [1.165, 1.54) is 37.5 Å². The summed E-state index contributed by atoms with van der Waals surface area (Å²) < 4.78 is 27.0. The molecule has 2 amide bonds. The van der Waals surface area contributed by atoms with Crippen molar-refractivity contribution >= 4 is 33.4 Å². The first-order valence-electron chi connectivity index (χ1n) is 7.22. The van der Waals surface area contributed by atoms with Crippen LogP contribution in [0.15, 0.2) is 52.3 Å². The van der Waals surface area contributed by atoms with Crippen molar-refractivity contribution in [1.29, 1.82) is 0 Å². The average molecular weight is 399 g/mol. The molecule has 0 unspecified atom stereocenters. The zero-order valence-electron chi connectivity index (χ0n) is 13.5. The number of amides is 2. The van der Waals surface area contributed by atoms with Crippen LogP contribution in [0.25, 0.3) is 0 Å². The van der Waals surface area contributed by atoms with Crippen LogP contribution in [0.3, 0.4) is 0 Å². The van der Waals surface area contributed by atoms with E-state index >= 15 is 0 Å². The van der Waals surface area contributed by atoms with Crippen LogP contribution in [0.1, 0.15) is 10.4 Å². The number of carbonyl (C=O) groups excluding carboxylic acids is 2. The fraction of sp³-hybridized carbons (Fsp3) is 0.133. The van der Waals surface area contributed by atoms with Gasteiger partial charge in [0, 0.05) is 17.8 Å². The highest BCUT2D eigenvalue weighted by molar-refractivity contribution is 7.89. The topological polar surface area (TPSA) is 126 Å². The number of pyridine rings is 1. The second kappa shape index (κ2) is 8.13. The van der Waals surface area contributed by atoms with E-state index in [0.717, 1.165) is 10.6 Å². The number of hydrazine groups is 1. The highest BCUT2D eigenvalue weighted by Gasteiger charge is 2.18. The van der Waals surface area contributed by atoms with E-state index in [1.807, 2.05) is 0 Å². The molecule has 3 N–H and O–H groups in total. The van der Waals surface area contributed by atoms with Gasteiger partial charge >= 0.3 is 0 Å². The molecule has 0 aliphatic carbocycles. The lowest BCUT2D eigenvalue weighted by atomic mass is 10.2. The lowest BCUT2D eigenvalue weighted by Gasteiger charge is -2.10. The number of nitrogens with zero attached hydrogens (tertiary/aromatic N) is 1. The molecule has 9 nitrogen and oxygen atoms in total. The maximum absolute atomic E-state index is 12.1. The Hall–Kier alpha value is -2.69. The van der Waals surface area contributed by atoms with Gasteiger partial charge < -0.3 is 4.57 Å². The average Bonchev–Trinajstić information content (AvgIpc) is 2.62. The van der Waals surface area contributed by atoms with E-state index in [9.17, 15) is 22.8 Å². The van der Waals surface area contributed by atoms with Crippen LogP contribution in [0.4, 0.5) is 0 Å². The summed E-state index contributed by atoms with van der Waals surface area (Å²) in [5.41, 5.74) is 3.90. The maximum Gasteiger partial charge on any atom is 0.269 e. The van der Waals surface area contributed by atoms with E-state index in [-0.39, 0.29) is 27.6 Å². The molecule has 0 atom stereocenters. The Morgan fingerprint density at radius 2 is 1.88 bits per heavy atom. The van der Waals surface area contributed by atoms with E-state index in [1.54, 1.807) is 6.07 Å². The highest BCUT2D eigenvalue weighted by atomic mass is 35.5. The predicted molar refractivity (Wildman–Crippen MR) is 94.0 cm³/mol. The Balaban J connectivity index is 2.06. The van der Waals surface area contributed by atoms with Crippen molar-refractivity contribution in [2.75, 3.05) is 7.05 Å². The summed E-state index contributed by atoms with van der Waals surface area (Å²) in [7, 11) is -2.64. The number of carbonyl (C=O) groups is 2. The molecule has 1 aromatic carbocycles. The molecule has 2 aromatic rings. The molecule has 0 aliphatic heterocycles. The number of benzene rings is 1. The normalized spacial score (nSPS) is 11.0. The minimum atomic E-state index is -3.85. The molecule has 0 radical (unpaired) electrons. The quantitative estimate of drug-likeness (QED) is 0.605. The van der Waals surface area contributed by atoms with Crippen molar-refractivity contribution in [2.24, 2.45) is 0 Å². The van der Waals surface area contributed by atoms with Crippen LogP contribution >= 0.6 is 11.6 Å². The molecule has 0 saturated heterocycles. The third kappa shape index (κ3) is 4.69. The Bertz CT molecular complexity index is 1000. The van der Waals surface area contributed by atoms with Crippen LogP contribution in [0, 0.1) is 0 Å². The highest BCUT2D eigenvalue weighted by Crippen LogP contribution is 2.22. The molecule has 26 heavy (non-hydrogen) atoms. The number of hydrogen-bond acceptors (Lipinski definition) is 5. The molecule has 138 valence electrons. The molecule has 0 bridgehead atoms. The third-order valence-electron chi connectivity index (χ3n) is 3.28. The fourth-order valence-corrected chi connectivity index (χ4v) is 3.19. The van der Waals surface area contributed by atoms with Gasteiger partial charge in [-0.05, 0) is 31.3 Å². The molecule has 0 saturated carbocycles.